The Balaban J connectivity index is 1.99. The molecule has 0 unspecified atom stereocenters. The van der Waals surface area contributed by atoms with Crippen molar-refractivity contribution in [2.75, 3.05) is 6.54 Å². The lowest BCUT2D eigenvalue weighted by Gasteiger charge is -2.21. The average Bonchev–Trinajstić information content (AvgIpc) is 2.58. The van der Waals surface area contributed by atoms with Gasteiger partial charge < -0.3 is 10.1 Å². The molecule has 28 heavy (non-hydrogen) atoms. The monoisotopic (exact) mass is 421 g/mol. The van der Waals surface area contributed by atoms with Crippen LogP contribution in [0.5, 0.6) is 0 Å². The molecule has 1 atom stereocenters. The van der Waals surface area contributed by atoms with Crippen molar-refractivity contribution in [3.05, 3.63) is 70.2 Å². The van der Waals surface area contributed by atoms with E-state index < -0.39 is 47.8 Å². The van der Waals surface area contributed by atoms with E-state index >= 15 is 0 Å². The summed E-state index contributed by atoms with van der Waals surface area (Å²) in [5, 5.41) is 2.48. The molecule has 0 saturated carbocycles. The lowest BCUT2D eigenvalue weighted by atomic mass is 10.1. The van der Waals surface area contributed by atoms with Crippen molar-refractivity contribution < 1.29 is 36.3 Å². The van der Waals surface area contributed by atoms with Gasteiger partial charge in [-0.05, 0) is 24.3 Å². The predicted octanol–water partition coefficient (Wildman–Crippen LogP) is 4.58. The maximum Gasteiger partial charge on any atom is 0.429 e. The number of carbonyl (C=O) groups excluding carboxylic acids is 2. The number of ether oxygens (including phenoxy) is 1. The quantitative estimate of drug-likeness (QED) is 0.548. The summed E-state index contributed by atoms with van der Waals surface area (Å²) in [6.45, 7) is -0.328. The topological polar surface area (TPSA) is 55.4 Å². The van der Waals surface area contributed by atoms with Crippen molar-refractivity contribution in [2.45, 2.75) is 18.7 Å². The summed E-state index contributed by atoms with van der Waals surface area (Å²) in [5.41, 5.74) is -0.764. The van der Waals surface area contributed by atoms with Gasteiger partial charge >= 0.3 is 12.1 Å². The van der Waals surface area contributed by atoms with Crippen LogP contribution in [0.2, 0.25) is 5.02 Å². The Kier molecular flexibility index (Phi) is 6.95. The van der Waals surface area contributed by atoms with E-state index in [9.17, 15) is 31.5 Å². The number of rotatable bonds is 6. The maximum absolute atomic E-state index is 13.2. The van der Waals surface area contributed by atoms with Crippen LogP contribution in [0.4, 0.5) is 22.0 Å². The fraction of sp³-hybridized carbons (Fsp3) is 0.222. The Morgan fingerprint density at radius 1 is 1.07 bits per heavy atom. The second-order valence-corrected chi connectivity index (χ2v) is 6.01. The minimum absolute atomic E-state index is 0.126. The molecule has 0 aliphatic rings. The molecule has 2 rings (SSSR count). The molecule has 0 heterocycles. The molecule has 0 aliphatic carbocycles. The molecular formula is C18H13ClF5NO3. The van der Waals surface area contributed by atoms with Crippen molar-refractivity contribution in [1.82, 2.24) is 5.32 Å². The van der Waals surface area contributed by atoms with Gasteiger partial charge in [0.2, 0.25) is 6.10 Å². The van der Waals surface area contributed by atoms with Crippen LogP contribution in [0.25, 0.3) is 0 Å². The molecule has 4 nitrogen and oxygen atoms in total. The molecule has 0 aromatic heterocycles. The third kappa shape index (κ3) is 5.91. The summed E-state index contributed by atoms with van der Waals surface area (Å²) < 4.78 is 70.2. The van der Waals surface area contributed by atoms with Crippen LogP contribution in [0.3, 0.4) is 0 Å². The van der Waals surface area contributed by atoms with E-state index in [2.05, 4.69) is 10.1 Å². The number of halogens is 6. The number of nitrogens with one attached hydrogen (secondary N) is 1. The molecule has 0 spiro atoms. The van der Waals surface area contributed by atoms with E-state index in [4.69, 9.17) is 11.6 Å². The van der Waals surface area contributed by atoms with Gasteiger partial charge in [0, 0.05) is 18.2 Å². The minimum atomic E-state index is -5.09. The number of hydrogen-bond donors (Lipinski definition) is 1. The summed E-state index contributed by atoms with van der Waals surface area (Å²) >= 11 is 5.83. The Morgan fingerprint density at radius 2 is 1.68 bits per heavy atom. The molecule has 1 amide bonds. The van der Waals surface area contributed by atoms with Gasteiger partial charge in [-0.15, -0.1) is 0 Å². The van der Waals surface area contributed by atoms with Crippen LogP contribution in [0, 0.1) is 11.6 Å². The Morgan fingerprint density at radius 3 is 2.25 bits per heavy atom. The summed E-state index contributed by atoms with van der Waals surface area (Å²) in [6, 6.07) is 7.29. The van der Waals surface area contributed by atoms with Gasteiger partial charge in [0.25, 0.3) is 5.91 Å². The second-order valence-electron chi connectivity index (χ2n) is 5.60. The maximum atomic E-state index is 13.2. The van der Waals surface area contributed by atoms with Crippen LogP contribution in [0.15, 0.2) is 42.5 Å². The Hall–Kier alpha value is -2.68. The van der Waals surface area contributed by atoms with Crippen molar-refractivity contribution in [1.29, 1.82) is 0 Å². The lowest BCUT2D eigenvalue weighted by molar-refractivity contribution is -0.224. The van der Waals surface area contributed by atoms with Gasteiger partial charge in [0.05, 0.1) is 17.0 Å². The summed E-state index contributed by atoms with van der Waals surface area (Å²) in [7, 11) is 0. The zero-order valence-electron chi connectivity index (χ0n) is 14.0. The predicted molar refractivity (Wildman–Crippen MR) is 89.6 cm³/mol. The van der Waals surface area contributed by atoms with E-state index in [1.807, 2.05) is 0 Å². The first-order chi connectivity index (χ1) is 13.1. The molecule has 0 radical (unpaired) electrons. The number of amides is 1. The van der Waals surface area contributed by atoms with Gasteiger partial charge in [0.15, 0.2) is 0 Å². The summed E-state index contributed by atoms with van der Waals surface area (Å²) in [6.07, 6.45) is -8.53. The summed E-state index contributed by atoms with van der Waals surface area (Å²) in [5.74, 6) is -4.43. The molecule has 0 fully saturated rings. The van der Waals surface area contributed by atoms with E-state index in [-0.39, 0.29) is 17.1 Å². The number of benzene rings is 2. The normalized spacial score (nSPS) is 12.4. The van der Waals surface area contributed by atoms with Crippen molar-refractivity contribution >= 4 is 23.5 Å². The molecule has 2 aromatic carbocycles. The highest BCUT2D eigenvalue weighted by Gasteiger charge is 2.44. The van der Waals surface area contributed by atoms with Crippen molar-refractivity contribution in [3.8, 4) is 0 Å². The zero-order chi connectivity index (χ0) is 20.9. The van der Waals surface area contributed by atoms with Gasteiger partial charge in [-0.25, -0.2) is 8.78 Å². The minimum Gasteiger partial charge on any atom is -0.448 e. The molecule has 10 heteroatoms. The van der Waals surface area contributed by atoms with E-state index in [0.29, 0.717) is 18.2 Å². The standard InChI is InChI=1S/C18H13ClF5NO3/c19-14-4-2-1-3-13(14)17(27)25-6-5-15(26)28-16(18(22,23)24)10-7-11(20)9-12(21)8-10/h1-4,7-9,16H,5-6H2,(H,25,27)/t16-/m0/s1. The number of alkyl halides is 3. The van der Waals surface area contributed by atoms with Crippen molar-refractivity contribution in [3.63, 3.8) is 0 Å². The second kappa shape index (κ2) is 9.01. The molecular weight excluding hydrogens is 409 g/mol. The van der Waals surface area contributed by atoms with Gasteiger partial charge in [-0.3, -0.25) is 9.59 Å². The third-order valence-corrected chi connectivity index (χ3v) is 3.80. The fourth-order valence-corrected chi connectivity index (χ4v) is 2.48. The molecule has 0 bridgehead atoms. The Bertz CT molecular complexity index is 852. The third-order valence-electron chi connectivity index (χ3n) is 3.47. The lowest BCUT2D eigenvalue weighted by Crippen LogP contribution is -2.30. The SMILES string of the molecule is O=C(CCNC(=O)c1ccccc1Cl)O[C@@H](c1cc(F)cc(F)c1)C(F)(F)F. The van der Waals surface area contributed by atoms with Crippen LogP contribution in [0.1, 0.15) is 28.4 Å². The molecule has 0 aliphatic heterocycles. The highest BCUT2D eigenvalue weighted by atomic mass is 35.5. The van der Waals surface area contributed by atoms with Crippen LogP contribution >= 0.6 is 11.6 Å². The van der Waals surface area contributed by atoms with Crippen molar-refractivity contribution in [2.24, 2.45) is 0 Å². The molecule has 150 valence electrons. The van der Waals surface area contributed by atoms with E-state index in [1.165, 1.54) is 12.1 Å². The summed E-state index contributed by atoms with van der Waals surface area (Å²) in [4.78, 5) is 23.7. The number of carbonyl (C=O) groups is 2. The Labute approximate surface area is 161 Å². The highest BCUT2D eigenvalue weighted by Crippen LogP contribution is 2.36. The average molecular weight is 422 g/mol. The molecule has 0 saturated heterocycles. The largest absolute Gasteiger partial charge is 0.448 e. The molecule has 2 aromatic rings. The number of hydrogen-bond acceptors (Lipinski definition) is 3. The van der Waals surface area contributed by atoms with Crippen LogP contribution in [-0.2, 0) is 9.53 Å². The van der Waals surface area contributed by atoms with E-state index in [0.717, 1.165) is 0 Å². The van der Waals surface area contributed by atoms with Crippen LogP contribution < -0.4 is 5.32 Å². The smallest absolute Gasteiger partial charge is 0.429 e. The first-order valence-corrected chi connectivity index (χ1v) is 8.20. The van der Waals surface area contributed by atoms with Gasteiger partial charge in [0.1, 0.15) is 11.6 Å². The van der Waals surface area contributed by atoms with Gasteiger partial charge in [-0.2, -0.15) is 13.2 Å². The van der Waals surface area contributed by atoms with Gasteiger partial charge in [-0.1, -0.05) is 23.7 Å². The highest BCUT2D eigenvalue weighted by molar-refractivity contribution is 6.33. The molecule has 1 N–H and O–H groups in total. The van der Waals surface area contributed by atoms with E-state index in [1.54, 1.807) is 12.1 Å². The number of esters is 1. The van der Waals surface area contributed by atoms with Crippen LogP contribution in [-0.4, -0.2) is 24.6 Å². The first kappa shape index (κ1) is 21.6. The fourth-order valence-electron chi connectivity index (χ4n) is 2.26. The zero-order valence-corrected chi connectivity index (χ0v) is 14.8. The first-order valence-electron chi connectivity index (χ1n) is 7.83.